The highest BCUT2D eigenvalue weighted by Gasteiger charge is 2.06. The molecule has 0 aromatic heterocycles. The Bertz CT molecular complexity index is 618. The number of aliphatic hydroxyl groups excluding tert-OH is 1. The van der Waals surface area contributed by atoms with Crippen molar-refractivity contribution in [2.45, 2.75) is 93.3 Å². The smallest absolute Gasteiger partial charge is 0.371 e. The second-order valence-electron chi connectivity index (χ2n) is 5.98. The number of rotatable bonds is 11. The standard InChI is InChI=1S/C8H14O3.C6H14O.2C2HClO2.C2H2O3.2CH4.Cl2OS.H2O/c1-3-4-5-7(2)11-8(10)6-9;1-3-4-5-6(2)7;2*3-2(5)1-4;3-1-2(4)5;;;1-4(2)3;/h6-7H,3-5H2,1-2H3;6-7H,3-5H2,1-2H3;2*1H;1H,(H,4,5);2*1H4;;1H2. The molecule has 0 saturated heterocycles. The van der Waals surface area contributed by atoms with E-state index in [1.807, 2.05) is 6.92 Å². The zero-order valence-electron chi connectivity index (χ0n) is 21.1. The van der Waals surface area contributed by atoms with Gasteiger partial charge in [0.05, 0.1) is 12.2 Å². The summed E-state index contributed by atoms with van der Waals surface area (Å²) in [5.74, 6) is -2.20. The number of aliphatic hydroxyl groups is 1. The first-order chi connectivity index (χ1) is 17.0. The van der Waals surface area contributed by atoms with E-state index in [9.17, 15) is 19.2 Å². The summed E-state index contributed by atoms with van der Waals surface area (Å²) in [6.07, 6.45) is 6.10. The highest BCUT2D eigenvalue weighted by molar-refractivity contribution is 8.26. The number of hydrogen-bond acceptors (Lipinski definition) is 11. The molecule has 0 aromatic rings. The molecular formula is C22H42Cl4O13S. The fourth-order valence-electron chi connectivity index (χ4n) is 1.28. The average molecular weight is 688 g/mol. The van der Waals surface area contributed by atoms with Crippen molar-refractivity contribution in [3.05, 3.63) is 0 Å². The minimum Gasteiger partial charge on any atom is -0.476 e. The van der Waals surface area contributed by atoms with Crippen LogP contribution in [0.25, 0.3) is 0 Å². The number of carbonyl (C=O) groups excluding carboxylic acids is 7. The molecule has 13 nitrogen and oxygen atoms in total. The van der Waals surface area contributed by atoms with Gasteiger partial charge in [-0.15, -0.1) is 0 Å². The van der Waals surface area contributed by atoms with Crippen molar-refractivity contribution >= 4 is 101 Å². The summed E-state index contributed by atoms with van der Waals surface area (Å²) in [5, 5.41) is 14.1. The predicted octanol–water partition coefficient (Wildman–Crippen LogP) is 3.53. The maximum Gasteiger partial charge on any atom is 0.371 e. The van der Waals surface area contributed by atoms with Gasteiger partial charge < -0.3 is 20.4 Å². The molecule has 0 bridgehead atoms. The molecule has 0 aromatic carbocycles. The summed E-state index contributed by atoms with van der Waals surface area (Å²) in [7, 11) is 7.36. The van der Waals surface area contributed by atoms with E-state index in [4.69, 9.17) is 38.3 Å². The number of ether oxygens (including phenoxy) is 1. The number of carbonyl (C=O) groups is 8. The van der Waals surface area contributed by atoms with Crippen LogP contribution in [-0.2, 0) is 52.3 Å². The highest BCUT2D eigenvalue weighted by atomic mass is 36.0. The Balaban J connectivity index is -0.0000000422. The van der Waals surface area contributed by atoms with Crippen LogP contribution in [0.2, 0.25) is 0 Å². The van der Waals surface area contributed by atoms with Crippen LogP contribution in [0.1, 0.15) is 81.1 Å². The fourth-order valence-corrected chi connectivity index (χ4v) is 1.28. The van der Waals surface area contributed by atoms with Gasteiger partial charge in [0.2, 0.25) is 34.4 Å². The quantitative estimate of drug-likeness (QED) is 0.137. The minimum absolute atomic E-state index is 0. The molecule has 2 atom stereocenters. The van der Waals surface area contributed by atoms with Crippen molar-refractivity contribution in [2.24, 2.45) is 0 Å². The van der Waals surface area contributed by atoms with Crippen LogP contribution < -0.4 is 0 Å². The maximum atomic E-state index is 10.4. The minimum atomic E-state index is -1.67. The van der Waals surface area contributed by atoms with Crippen LogP contribution in [0.5, 0.6) is 0 Å². The molecule has 0 aliphatic rings. The van der Waals surface area contributed by atoms with E-state index < -0.39 is 31.7 Å². The monoisotopic (exact) mass is 686 g/mol. The molecule has 2 unspecified atom stereocenters. The molecule has 0 aliphatic heterocycles. The van der Waals surface area contributed by atoms with Crippen LogP contribution in [0.3, 0.4) is 0 Å². The molecule has 4 N–H and O–H groups in total. The van der Waals surface area contributed by atoms with Gasteiger partial charge >= 0.3 is 11.9 Å². The van der Waals surface area contributed by atoms with Crippen molar-refractivity contribution in [1.82, 2.24) is 0 Å². The number of unbranched alkanes of at least 4 members (excludes halogenated alkanes) is 2. The number of aldehydes is 4. The number of carboxylic acid groups (broad SMARTS) is 1. The molecule has 0 spiro atoms. The third-order valence-corrected chi connectivity index (χ3v) is 2.82. The first-order valence-electron chi connectivity index (χ1n) is 10.1. The molecule has 0 fully saturated rings. The van der Waals surface area contributed by atoms with E-state index in [-0.39, 0.29) is 57.7 Å². The van der Waals surface area contributed by atoms with Gasteiger partial charge in [0.15, 0.2) is 0 Å². The van der Waals surface area contributed by atoms with Crippen molar-refractivity contribution in [3.63, 3.8) is 0 Å². The largest absolute Gasteiger partial charge is 0.476 e. The topological polar surface area (TPSA) is 235 Å². The van der Waals surface area contributed by atoms with Crippen molar-refractivity contribution in [1.29, 1.82) is 0 Å². The maximum absolute atomic E-state index is 10.4. The molecule has 0 amide bonds. The molecule has 0 rings (SSSR count). The number of esters is 1. The summed E-state index contributed by atoms with van der Waals surface area (Å²) in [6, 6.07) is 0. The zero-order chi connectivity index (χ0) is 30.8. The Kier molecular flexibility index (Phi) is 82.8. The first-order valence-corrected chi connectivity index (χ1v) is 13.6. The lowest BCUT2D eigenvalue weighted by Crippen LogP contribution is -2.15. The van der Waals surface area contributed by atoms with E-state index in [0.29, 0.717) is 0 Å². The van der Waals surface area contributed by atoms with Gasteiger partial charge in [-0.1, -0.05) is 54.4 Å². The number of hydrogen-bond donors (Lipinski definition) is 2. The van der Waals surface area contributed by atoms with Gasteiger partial charge in [-0.3, -0.25) is 28.8 Å². The second-order valence-corrected chi connectivity index (χ2v) is 9.25. The summed E-state index contributed by atoms with van der Waals surface area (Å²) < 4.78 is 13.8. The zero-order valence-corrected chi connectivity index (χ0v) is 24.9. The van der Waals surface area contributed by atoms with Gasteiger partial charge in [-0.2, -0.15) is 0 Å². The van der Waals surface area contributed by atoms with Crippen molar-refractivity contribution < 1.29 is 63.0 Å². The van der Waals surface area contributed by atoms with E-state index in [2.05, 4.69) is 58.4 Å². The Hall–Kier alpha value is -1.81. The lowest BCUT2D eigenvalue weighted by molar-refractivity contribution is -0.152. The number of aliphatic carboxylic acids is 1. The van der Waals surface area contributed by atoms with Crippen LogP contribution >= 0.6 is 44.6 Å². The van der Waals surface area contributed by atoms with Crippen molar-refractivity contribution in [2.75, 3.05) is 0 Å². The van der Waals surface area contributed by atoms with Gasteiger partial charge in [0, 0.05) is 21.4 Å². The predicted molar refractivity (Wildman–Crippen MR) is 157 cm³/mol. The molecule has 0 saturated carbocycles. The molecule has 0 radical (unpaired) electrons. The van der Waals surface area contributed by atoms with Crippen LogP contribution in [0, 0.1) is 0 Å². The van der Waals surface area contributed by atoms with Crippen LogP contribution in [-0.4, -0.2) is 79.7 Å². The lowest BCUT2D eigenvalue weighted by Gasteiger charge is -2.09. The Labute approximate surface area is 257 Å². The molecule has 242 valence electrons. The number of halogens is 4. The third kappa shape index (κ3) is 135. The summed E-state index contributed by atoms with van der Waals surface area (Å²) in [6.45, 7) is 7.81. The van der Waals surface area contributed by atoms with Crippen LogP contribution in [0.15, 0.2) is 0 Å². The molecule has 0 heterocycles. The first kappa shape index (κ1) is 62.0. The van der Waals surface area contributed by atoms with Crippen molar-refractivity contribution in [3.8, 4) is 0 Å². The van der Waals surface area contributed by atoms with E-state index in [1.165, 1.54) is 6.42 Å². The normalized spacial score (nSPS) is 9.15. The summed E-state index contributed by atoms with van der Waals surface area (Å²) in [4.78, 5) is 74.6. The fraction of sp³-hybridized carbons (Fsp3) is 0.636. The van der Waals surface area contributed by atoms with E-state index >= 15 is 0 Å². The average Bonchev–Trinajstić information content (AvgIpc) is 2.82. The van der Waals surface area contributed by atoms with E-state index in [1.54, 1.807) is 6.92 Å². The lowest BCUT2D eigenvalue weighted by atomic mass is 10.2. The summed E-state index contributed by atoms with van der Waals surface area (Å²) >= 11 is 8.91. The Morgan fingerprint density at radius 1 is 0.800 bits per heavy atom. The SMILES string of the molecule is C.C.CCCCC(C)O.CCCCC(C)OC(=O)C=O.O.O=CC(=O)Cl.O=CC(=O)Cl.O=CC(=O)O.O=S(Cl)Cl. The second kappa shape index (κ2) is 53.4. The van der Waals surface area contributed by atoms with Gasteiger partial charge in [0.25, 0.3) is 10.5 Å². The third-order valence-electron chi connectivity index (χ3n) is 2.64. The summed E-state index contributed by atoms with van der Waals surface area (Å²) in [5.41, 5.74) is 0. The van der Waals surface area contributed by atoms with E-state index in [0.717, 1.165) is 32.1 Å². The van der Waals surface area contributed by atoms with Gasteiger partial charge in [-0.05, 0) is 49.9 Å². The Morgan fingerprint density at radius 3 is 1.23 bits per heavy atom. The molecule has 40 heavy (non-hydrogen) atoms. The molecular weight excluding hydrogens is 646 g/mol. The van der Waals surface area contributed by atoms with Crippen LogP contribution in [0.4, 0.5) is 0 Å². The molecule has 0 aliphatic carbocycles. The van der Waals surface area contributed by atoms with Gasteiger partial charge in [-0.25, -0.2) is 13.8 Å². The number of carboxylic acids is 1. The van der Waals surface area contributed by atoms with Gasteiger partial charge in [0.1, 0.15) is 0 Å². The Morgan fingerprint density at radius 2 is 1.07 bits per heavy atom. The highest BCUT2D eigenvalue weighted by Crippen LogP contribution is 2.03. The molecule has 18 heteroatoms.